The van der Waals surface area contributed by atoms with E-state index in [2.05, 4.69) is 9.72 Å². The molecular weight excluding hydrogens is 284 g/mol. The topological polar surface area (TPSA) is 39.2 Å². The summed E-state index contributed by atoms with van der Waals surface area (Å²) in [7, 11) is 0. The van der Waals surface area contributed by atoms with Crippen LogP contribution in [0.1, 0.15) is 10.4 Å². The van der Waals surface area contributed by atoms with Crippen LogP contribution in [0.2, 0.25) is 0 Å². The van der Waals surface area contributed by atoms with Crippen molar-refractivity contribution < 1.29 is 31.5 Å². The Kier molecular flexibility index (Phi) is 3.64. The summed E-state index contributed by atoms with van der Waals surface area (Å²) in [5.41, 5.74) is -0.740. The number of carbonyl (C=O) groups is 1. The van der Waals surface area contributed by atoms with Crippen LogP contribution in [0.4, 0.5) is 22.0 Å². The Bertz CT molecular complexity index is 664. The van der Waals surface area contributed by atoms with E-state index in [4.69, 9.17) is 0 Å². The number of benzene rings is 1. The molecule has 0 atom stereocenters. The highest BCUT2D eigenvalue weighted by molar-refractivity contribution is 5.91. The van der Waals surface area contributed by atoms with Crippen LogP contribution in [0, 0.1) is 29.1 Å². The number of hydrogen-bond donors (Lipinski definition) is 0. The van der Waals surface area contributed by atoms with E-state index in [9.17, 15) is 26.7 Å². The van der Waals surface area contributed by atoms with Gasteiger partial charge < -0.3 is 4.74 Å². The molecule has 3 nitrogen and oxygen atoms in total. The molecule has 0 N–H and O–H groups in total. The summed E-state index contributed by atoms with van der Waals surface area (Å²) in [6.07, 6.45) is 1.76. The van der Waals surface area contributed by atoms with Gasteiger partial charge in [-0.05, 0) is 6.07 Å². The van der Waals surface area contributed by atoms with Gasteiger partial charge in [-0.3, -0.25) is 4.98 Å². The highest BCUT2D eigenvalue weighted by Gasteiger charge is 2.24. The Morgan fingerprint density at radius 1 is 1.00 bits per heavy atom. The molecule has 0 unspecified atom stereocenters. The summed E-state index contributed by atoms with van der Waals surface area (Å²) in [4.78, 5) is 14.9. The molecule has 0 spiro atoms. The van der Waals surface area contributed by atoms with Crippen LogP contribution in [0.25, 0.3) is 0 Å². The SMILES string of the molecule is O=C(Oc1c(F)c(F)cc(F)c1F)c1cnccc1[18F]. The monoisotopic (exact) mass is 288 g/mol. The molecule has 2 rings (SSSR count). The molecule has 2 aromatic rings. The average Bonchev–Trinajstić information content (AvgIpc) is 2.41. The minimum absolute atomic E-state index is 0.0489. The van der Waals surface area contributed by atoms with Gasteiger partial charge in [0.2, 0.25) is 17.4 Å². The number of nitrogens with zero attached hydrogens (tertiary/aromatic N) is 1. The first-order valence-electron chi connectivity index (χ1n) is 5.06. The second-order valence-corrected chi connectivity index (χ2v) is 3.54. The van der Waals surface area contributed by atoms with Crippen molar-refractivity contribution in [1.82, 2.24) is 4.98 Å². The van der Waals surface area contributed by atoms with Crippen molar-refractivity contribution >= 4 is 5.97 Å². The van der Waals surface area contributed by atoms with Gasteiger partial charge in [-0.25, -0.2) is 18.0 Å². The summed E-state index contributed by atoms with van der Waals surface area (Å²) < 4.78 is 69.7. The van der Waals surface area contributed by atoms with Crippen LogP contribution < -0.4 is 4.74 Å². The lowest BCUT2D eigenvalue weighted by Crippen LogP contribution is -2.14. The van der Waals surface area contributed by atoms with Gasteiger partial charge in [-0.1, -0.05) is 0 Å². The number of carbonyl (C=O) groups excluding carboxylic acids is 1. The first-order chi connectivity index (χ1) is 9.41. The van der Waals surface area contributed by atoms with E-state index in [1.54, 1.807) is 0 Å². The van der Waals surface area contributed by atoms with Crippen LogP contribution in [-0.2, 0) is 0 Å². The standard InChI is InChI=1S/C12H4F5NO2/c13-6-1-2-18-4-5(6)12(19)20-11-9(16)7(14)3-8(15)10(11)17/h1-4H/i13-1. The van der Waals surface area contributed by atoms with E-state index < -0.39 is 46.4 Å². The minimum atomic E-state index is -1.90. The van der Waals surface area contributed by atoms with E-state index in [1.165, 1.54) is 0 Å². The molecule has 0 bridgehead atoms. The normalized spacial score (nSPS) is 10.4. The lowest BCUT2D eigenvalue weighted by molar-refractivity contribution is 0.0712. The van der Waals surface area contributed by atoms with Crippen molar-refractivity contribution in [2.75, 3.05) is 0 Å². The van der Waals surface area contributed by atoms with Crippen molar-refractivity contribution in [2.24, 2.45) is 0 Å². The van der Waals surface area contributed by atoms with Crippen molar-refractivity contribution in [3.05, 3.63) is 59.2 Å². The molecule has 1 heterocycles. The van der Waals surface area contributed by atoms with Crippen molar-refractivity contribution in [3.8, 4) is 5.75 Å². The maximum atomic E-state index is 13.3. The molecule has 1 aromatic heterocycles. The van der Waals surface area contributed by atoms with Crippen LogP contribution in [0.5, 0.6) is 5.75 Å². The van der Waals surface area contributed by atoms with Gasteiger partial charge in [-0.15, -0.1) is 0 Å². The van der Waals surface area contributed by atoms with Gasteiger partial charge in [0.05, 0.1) is 0 Å². The maximum absolute atomic E-state index is 13.3. The van der Waals surface area contributed by atoms with Gasteiger partial charge in [0.15, 0.2) is 11.6 Å². The smallest absolute Gasteiger partial charge is 0.348 e. The van der Waals surface area contributed by atoms with Gasteiger partial charge in [0.1, 0.15) is 11.4 Å². The fourth-order valence-electron chi connectivity index (χ4n) is 1.32. The molecule has 0 radical (unpaired) electrons. The summed E-state index contributed by atoms with van der Waals surface area (Å²) in [6, 6.07) is 0.752. The number of hydrogen-bond acceptors (Lipinski definition) is 3. The Morgan fingerprint density at radius 2 is 1.60 bits per heavy atom. The van der Waals surface area contributed by atoms with Gasteiger partial charge >= 0.3 is 5.97 Å². The number of pyridine rings is 1. The summed E-state index contributed by atoms with van der Waals surface area (Å²) in [5.74, 6) is -11.5. The largest absolute Gasteiger partial charge is 0.416 e. The molecule has 0 aliphatic heterocycles. The molecule has 1 aromatic carbocycles. The van der Waals surface area contributed by atoms with E-state index in [-0.39, 0.29) is 6.07 Å². The number of rotatable bonds is 2. The van der Waals surface area contributed by atoms with Gasteiger partial charge in [0, 0.05) is 18.5 Å². The Hall–Kier alpha value is -2.51. The predicted octanol–water partition coefficient (Wildman–Crippen LogP) is 3.00. The zero-order valence-electron chi connectivity index (χ0n) is 9.46. The highest BCUT2D eigenvalue weighted by Crippen LogP contribution is 2.27. The Morgan fingerprint density at radius 3 is 2.15 bits per heavy atom. The Labute approximate surface area is 108 Å². The molecule has 0 amide bonds. The Balaban J connectivity index is 2.41. The van der Waals surface area contributed by atoms with Crippen LogP contribution in [0.15, 0.2) is 24.5 Å². The molecule has 0 saturated carbocycles. The highest BCUT2D eigenvalue weighted by atomic mass is 19.2. The predicted molar refractivity (Wildman–Crippen MR) is 55.4 cm³/mol. The minimum Gasteiger partial charge on any atom is -0.416 e. The second-order valence-electron chi connectivity index (χ2n) is 3.54. The molecule has 8 heteroatoms. The number of ether oxygens (including phenoxy) is 1. The number of aromatic nitrogens is 1. The first kappa shape index (κ1) is 13.9. The van der Waals surface area contributed by atoms with Crippen LogP contribution in [0.3, 0.4) is 0 Å². The molecule has 0 fully saturated rings. The lowest BCUT2D eigenvalue weighted by atomic mass is 10.2. The van der Waals surface area contributed by atoms with Crippen molar-refractivity contribution in [2.45, 2.75) is 0 Å². The van der Waals surface area contributed by atoms with Crippen LogP contribution >= 0.6 is 0 Å². The molecular formula is C12H4F5NO2. The summed E-state index contributed by atoms with van der Waals surface area (Å²) >= 11 is 0. The zero-order valence-corrected chi connectivity index (χ0v) is 9.46. The quantitative estimate of drug-likeness (QED) is 0.369. The van der Waals surface area contributed by atoms with Crippen LogP contribution in [-0.4, -0.2) is 11.0 Å². The average molecular weight is 288 g/mol. The third kappa shape index (κ3) is 2.44. The van der Waals surface area contributed by atoms with E-state index in [1.807, 2.05) is 0 Å². The third-order valence-corrected chi connectivity index (χ3v) is 2.25. The van der Waals surface area contributed by atoms with Gasteiger partial charge in [0.25, 0.3) is 0 Å². The molecule has 0 aliphatic carbocycles. The molecule has 0 saturated heterocycles. The maximum Gasteiger partial charge on any atom is 0.348 e. The van der Waals surface area contributed by atoms with E-state index >= 15 is 0 Å². The van der Waals surface area contributed by atoms with E-state index in [0.29, 0.717) is 0 Å². The first-order valence-corrected chi connectivity index (χ1v) is 5.06. The zero-order chi connectivity index (χ0) is 14.9. The fourth-order valence-corrected chi connectivity index (χ4v) is 1.32. The summed E-state index contributed by atoms with van der Waals surface area (Å²) in [5, 5.41) is 0. The number of esters is 1. The second kappa shape index (κ2) is 5.24. The van der Waals surface area contributed by atoms with Crippen molar-refractivity contribution in [1.29, 1.82) is 0 Å². The van der Waals surface area contributed by atoms with Crippen molar-refractivity contribution in [3.63, 3.8) is 0 Å². The fraction of sp³-hybridized carbons (Fsp3) is 0. The number of halogens is 5. The summed E-state index contributed by atoms with van der Waals surface area (Å²) in [6.45, 7) is 0. The molecule has 0 aliphatic rings. The molecule has 20 heavy (non-hydrogen) atoms. The third-order valence-electron chi connectivity index (χ3n) is 2.25. The van der Waals surface area contributed by atoms with Gasteiger partial charge in [-0.2, -0.15) is 8.78 Å². The lowest BCUT2D eigenvalue weighted by Gasteiger charge is -2.08. The van der Waals surface area contributed by atoms with E-state index in [0.717, 1.165) is 18.5 Å². The molecule has 104 valence electrons.